The lowest BCUT2D eigenvalue weighted by Crippen LogP contribution is -2.55. The zero-order valence-corrected chi connectivity index (χ0v) is 15.0. The van der Waals surface area contributed by atoms with Gasteiger partial charge in [-0.3, -0.25) is 0 Å². The predicted octanol–water partition coefficient (Wildman–Crippen LogP) is 2.88. The Balaban J connectivity index is 4.79. The Labute approximate surface area is 104 Å². The van der Waals surface area contributed by atoms with E-state index in [0.717, 1.165) is 0 Å². The lowest BCUT2D eigenvalue weighted by Gasteiger charge is -2.36. The molecule has 0 bridgehead atoms. The summed E-state index contributed by atoms with van der Waals surface area (Å²) in [5, 5.41) is 9.55. The Morgan fingerprint density at radius 2 is 1.31 bits per heavy atom. The van der Waals surface area contributed by atoms with Crippen molar-refractivity contribution in [2.45, 2.75) is 64.8 Å². The summed E-state index contributed by atoms with van der Waals surface area (Å²) in [5.74, 6) is 0. The summed E-state index contributed by atoms with van der Waals surface area (Å²) in [6.07, 6.45) is 0.677. The first kappa shape index (κ1) is 16.5. The maximum atomic E-state index is 10.3. The summed E-state index contributed by atoms with van der Waals surface area (Å²) < 4.78 is 12.1. The Kier molecular flexibility index (Phi) is 5.63. The molecule has 1 unspecified atom stereocenters. The van der Waals surface area contributed by atoms with Gasteiger partial charge in [-0.05, 0) is 52.6 Å². The molecule has 0 aliphatic carbocycles. The van der Waals surface area contributed by atoms with Crippen LogP contribution in [-0.2, 0) is 8.23 Å². The van der Waals surface area contributed by atoms with Crippen molar-refractivity contribution in [3.8, 4) is 0 Å². The van der Waals surface area contributed by atoms with Crippen LogP contribution in [0.15, 0.2) is 0 Å². The van der Waals surface area contributed by atoms with Crippen LogP contribution in [0.3, 0.4) is 0 Å². The fourth-order valence-corrected chi connectivity index (χ4v) is 7.98. The average molecular weight is 280 g/mol. The van der Waals surface area contributed by atoms with Crippen molar-refractivity contribution < 1.29 is 13.3 Å². The normalized spacial score (nSPS) is 17.6. The zero-order chi connectivity index (χ0) is 13.2. The standard InChI is InChI=1S/C10H27O3Si3/c1-9-10(2,11)14(12-15(3,4)5)13-16(6,7)8/h11H,9H2,1-8H3. The van der Waals surface area contributed by atoms with Gasteiger partial charge >= 0.3 is 9.28 Å². The molecule has 0 saturated heterocycles. The summed E-state index contributed by atoms with van der Waals surface area (Å²) in [4.78, 5) is 0. The molecule has 16 heavy (non-hydrogen) atoms. The highest BCUT2D eigenvalue weighted by Gasteiger charge is 2.42. The molecule has 0 spiro atoms. The molecule has 0 aliphatic rings. The average Bonchev–Trinajstić information content (AvgIpc) is 1.97. The van der Waals surface area contributed by atoms with Gasteiger partial charge in [-0.1, -0.05) is 6.92 Å². The van der Waals surface area contributed by atoms with Crippen LogP contribution in [0.2, 0.25) is 39.3 Å². The predicted molar refractivity (Wildman–Crippen MR) is 75.5 cm³/mol. The second-order valence-corrected chi connectivity index (χ2v) is 18.1. The number of rotatable bonds is 6. The fourth-order valence-electron chi connectivity index (χ4n) is 0.941. The molecule has 97 valence electrons. The SMILES string of the molecule is CCC(C)(O)[Si](O[Si](C)(C)C)O[Si](C)(C)C. The van der Waals surface area contributed by atoms with Crippen LogP contribution >= 0.6 is 0 Å². The van der Waals surface area contributed by atoms with Crippen LogP contribution in [0.25, 0.3) is 0 Å². The van der Waals surface area contributed by atoms with Gasteiger partial charge in [0.2, 0.25) is 0 Å². The first-order chi connectivity index (χ1) is 6.87. The number of hydrogen-bond donors (Lipinski definition) is 1. The van der Waals surface area contributed by atoms with Crippen molar-refractivity contribution in [3.63, 3.8) is 0 Å². The Bertz CT molecular complexity index is 202. The highest BCUT2D eigenvalue weighted by molar-refractivity contribution is 6.81. The van der Waals surface area contributed by atoms with E-state index in [2.05, 4.69) is 39.3 Å². The molecule has 0 aromatic heterocycles. The third kappa shape index (κ3) is 6.97. The molecular weight excluding hydrogens is 252 g/mol. The van der Waals surface area contributed by atoms with Crippen molar-refractivity contribution in [2.24, 2.45) is 0 Å². The van der Waals surface area contributed by atoms with Gasteiger partial charge in [0.15, 0.2) is 16.6 Å². The molecule has 3 nitrogen and oxygen atoms in total. The van der Waals surface area contributed by atoms with E-state index in [-0.39, 0.29) is 0 Å². The van der Waals surface area contributed by atoms with Gasteiger partial charge in [0, 0.05) is 0 Å². The molecule has 0 fully saturated rings. The first-order valence-electron chi connectivity index (χ1n) is 5.85. The van der Waals surface area contributed by atoms with Crippen molar-refractivity contribution in [3.05, 3.63) is 0 Å². The summed E-state index contributed by atoms with van der Waals surface area (Å²) in [5.41, 5.74) is 0. The summed E-state index contributed by atoms with van der Waals surface area (Å²) >= 11 is 0. The lowest BCUT2D eigenvalue weighted by atomic mass is 10.3. The Hall–Kier alpha value is 0.531. The van der Waals surface area contributed by atoms with E-state index >= 15 is 0 Å². The van der Waals surface area contributed by atoms with Gasteiger partial charge in [0.05, 0.1) is 0 Å². The molecule has 0 aromatic rings. The van der Waals surface area contributed by atoms with E-state index in [1.165, 1.54) is 0 Å². The van der Waals surface area contributed by atoms with Gasteiger partial charge in [0.1, 0.15) is 5.22 Å². The van der Waals surface area contributed by atoms with Crippen LogP contribution in [0.4, 0.5) is 0 Å². The molecule has 0 heterocycles. The Morgan fingerprint density at radius 3 is 1.50 bits per heavy atom. The molecule has 1 N–H and O–H groups in total. The topological polar surface area (TPSA) is 38.7 Å². The minimum Gasteiger partial charge on any atom is -0.434 e. The molecular formula is C10H27O3Si3. The molecule has 0 amide bonds. The summed E-state index contributed by atoms with van der Waals surface area (Å²) in [7, 11) is -4.93. The minimum atomic E-state index is -1.66. The Morgan fingerprint density at radius 1 is 1.00 bits per heavy atom. The van der Waals surface area contributed by atoms with Crippen LogP contribution in [0, 0.1) is 0 Å². The fraction of sp³-hybridized carbons (Fsp3) is 1.00. The largest absolute Gasteiger partial charge is 0.434 e. The van der Waals surface area contributed by atoms with E-state index < -0.39 is 31.1 Å². The third-order valence-electron chi connectivity index (χ3n) is 1.93. The molecule has 0 aliphatic heterocycles. The van der Waals surface area contributed by atoms with E-state index in [4.69, 9.17) is 8.23 Å². The second kappa shape index (κ2) is 5.45. The highest BCUT2D eigenvalue weighted by atomic mass is 28.4. The van der Waals surface area contributed by atoms with Crippen molar-refractivity contribution in [1.29, 1.82) is 0 Å². The van der Waals surface area contributed by atoms with Crippen LogP contribution in [0.1, 0.15) is 20.3 Å². The smallest absolute Gasteiger partial charge is 0.397 e. The molecule has 1 radical (unpaired) electrons. The molecule has 0 rings (SSSR count). The van der Waals surface area contributed by atoms with Crippen molar-refractivity contribution in [2.75, 3.05) is 0 Å². The van der Waals surface area contributed by atoms with Crippen LogP contribution < -0.4 is 0 Å². The minimum absolute atomic E-state index is 0.677. The van der Waals surface area contributed by atoms with E-state index in [0.29, 0.717) is 6.42 Å². The summed E-state index contributed by atoms with van der Waals surface area (Å²) in [6.45, 7) is 16.6. The molecule has 1 atom stereocenters. The molecule has 0 aromatic carbocycles. The van der Waals surface area contributed by atoms with E-state index in [9.17, 15) is 5.11 Å². The number of aliphatic hydroxyl groups is 1. The van der Waals surface area contributed by atoms with Gasteiger partial charge in [0.25, 0.3) is 0 Å². The first-order valence-corrected chi connectivity index (χ1v) is 14.0. The monoisotopic (exact) mass is 279 g/mol. The van der Waals surface area contributed by atoms with Gasteiger partial charge in [-0.2, -0.15) is 0 Å². The highest BCUT2D eigenvalue weighted by Crippen LogP contribution is 2.22. The van der Waals surface area contributed by atoms with Crippen molar-refractivity contribution in [1.82, 2.24) is 0 Å². The van der Waals surface area contributed by atoms with E-state index in [1.807, 2.05) is 13.8 Å². The number of hydrogen-bond acceptors (Lipinski definition) is 3. The van der Waals surface area contributed by atoms with Crippen LogP contribution in [-0.4, -0.2) is 36.2 Å². The van der Waals surface area contributed by atoms with Gasteiger partial charge in [-0.25, -0.2) is 0 Å². The quantitative estimate of drug-likeness (QED) is 0.760. The van der Waals surface area contributed by atoms with Gasteiger partial charge in [-0.15, -0.1) is 0 Å². The second-order valence-electron chi connectivity index (χ2n) is 6.34. The van der Waals surface area contributed by atoms with E-state index in [1.54, 1.807) is 0 Å². The zero-order valence-electron chi connectivity index (χ0n) is 12.0. The van der Waals surface area contributed by atoms with Crippen molar-refractivity contribution >= 4 is 25.9 Å². The molecule has 6 heteroatoms. The maximum absolute atomic E-state index is 10.3. The van der Waals surface area contributed by atoms with Crippen LogP contribution in [0.5, 0.6) is 0 Å². The maximum Gasteiger partial charge on any atom is 0.397 e. The summed E-state index contributed by atoms with van der Waals surface area (Å²) in [6, 6.07) is 0. The molecule has 0 saturated carbocycles. The third-order valence-corrected chi connectivity index (χ3v) is 9.54. The van der Waals surface area contributed by atoms with Gasteiger partial charge < -0.3 is 13.3 Å². The lowest BCUT2D eigenvalue weighted by molar-refractivity contribution is 0.101.